The molecule has 76 valence electrons. The van der Waals surface area contributed by atoms with E-state index in [1.165, 1.54) is 0 Å². The van der Waals surface area contributed by atoms with Crippen molar-refractivity contribution in [3.63, 3.8) is 0 Å². The third-order valence-corrected chi connectivity index (χ3v) is 2.20. The van der Waals surface area contributed by atoms with Crippen LogP contribution < -0.4 is 5.73 Å². The Kier molecular flexibility index (Phi) is 2.60. The SMILES string of the molecule is Nc1ccncc1C(O)c1ccncc1. The summed E-state index contributed by atoms with van der Waals surface area (Å²) in [5.41, 5.74) is 7.65. The predicted octanol–water partition coefficient (Wildman–Crippen LogP) is 1.14. The Morgan fingerprint density at radius 1 is 1.07 bits per heavy atom. The third-order valence-electron chi connectivity index (χ3n) is 2.20. The molecule has 0 aliphatic rings. The minimum atomic E-state index is -0.748. The highest BCUT2D eigenvalue weighted by molar-refractivity contribution is 5.48. The number of aliphatic hydroxyl groups is 1. The lowest BCUT2D eigenvalue weighted by Gasteiger charge is -2.12. The van der Waals surface area contributed by atoms with E-state index in [-0.39, 0.29) is 0 Å². The molecule has 0 saturated heterocycles. The number of hydrogen-bond donors (Lipinski definition) is 2. The molecule has 0 bridgehead atoms. The monoisotopic (exact) mass is 201 g/mol. The van der Waals surface area contributed by atoms with E-state index in [0.29, 0.717) is 11.3 Å². The maximum atomic E-state index is 10.0. The van der Waals surface area contributed by atoms with Gasteiger partial charge in [-0.2, -0.15) is 0 Å². The van der Waals surface area contributed by atoms with Crippen molar-refractivity contribution in [2.24, 2.45) is 0 Å². The summed E-state index contributed by atoms with van der Waals surface area (Å²) >= 11 is 0. The van der Waals surface area contributed by atoms with Crippen molar-refractivity contribution >= 4 is 5.69 Å². The van der Waals surface area contributed by atoms with Crippen molar-refractivity contribution in [3.05, 3.63) is 54.1 Å². The van der Waals surface area contributed by atoms with Gasteiger partial charge in [0.15, 0.2) is 0 Å². The molecule has 0 amide bonds. The molecule has 2 heterocycles. The van der Waals surface area contributed by atoms with E-state index < -0.39 is 6.10 Å². The first-order valence-corrected chi connectivity index (χ1v) is 4.56. The van der Waals surface area contributed by atoms with Gasteiger partial charge in [-0.1, -0.05) is 0 Å². The summed E-state index contributed by atoms with van der Waals surface area (Å²) < 4.78 is 0. The maximum absolute atomic E-state index is 10.0. The lowest BCUT2D eigenvalue weighted by atomic mass is 10.0. The molecule has 2 aromatic heterocycles. The van der Waals surface area contributed by atoms with E-state index in [4.69, 9.17) is 5.73 Å². The minimum absolute atomic E-state index is 0.536. The van der Waals surface area contributed by atoms with E-state index in [1.807, 2.05) is 0 Å². The number of aliphatic hydroxyl groups excluding tert-OH is 1. The van der Waals surface area contributed by atoms with Gasteiger partial charge >= 0.3 is 0 Å². The second kappa shape index (κ2) is 4.06. The molecule has 0 aliphatic carbocycles. The number of pyridine rings is 2. The fraction of sp³-hybridized carbons (Fsp3) is 0.0909. The standard InChI is InChI=1S/C11H11N3O/c12-10-3-6-14-7-9(10)11(15)8-1-4-13-5-2-8/h1-7,11,15H,(H2,12,14). The van der Waals surface area contributed by atoms with Crippen LogP contribution in [0.1, 0.15) is 17.2 Å². The van der Waals surface area contributed by atoms with Gasteiger partial charge in [0.2, 0.25) is 0 Å². The number of rotatable bonds is 2. The van der Waals surface area contributed by atoms with Crippen LogP contribution in [0.15, 0.2) is 43.0 Å². The van der Waals surface area contributed by atoms with Crippen LogP contribution >= 0.6 is 0 Å². The van der Waals surface area contributed by atoms with E-state index in [9.17, 15) is 5.11 Å². The first-order valence-electron chi connectivity index (χ1n) is 4.56. The topological polar surface area (TPSA) is 72.0 Å². The van der Waals surface area contributed by atoms with Crippen LogP contribution in [0.2, 0.25) is 0 Å². The summed E-state index contributed by atoms with van der Waals surface area (Å²) in [6, 6.07) is 5.16. The Labute approximate surface area is 87.4 Å². The molecule has 0 saturated carbocycles. The largest absolute Gasteiger partial charge is 0.398 e. The molecule has 0 radical (unpaired) electrons. The van der Waals surface area contributed by atoms with Crippen molar-refractivity contribution in [1.82, 2.24) is 9.97 Å². The molecular formula is C11H11N3O. The molecule has 0 aromatic carbocycles. The van der Waals surface area contributed by atoms with Crippen LogP contribution in [-0.2, 0) is 0 Å². The Hall–Kier alpha value is -1.94. The Morgan fingerprint density at radius 2 is 1.73 bits per heavy atom. The number of nitrogens with two attached hydrogens (primary N) is 1. The fourth-order valence-electron chi connectivity index (χ4n) is 1.37. The highest BCUT2D eigenvalue weighted by Gasteiger charge is 2.12. The molecule has 0 spiro atoms. The van der Waals surface area contributed by atoms with Crippen molar-refractivity contribution in [2.45, 2.75) is 6.10 Å². The lowest BCUT2D eigenvalue weighted by Crippen LogP contribution is -2.04. The molecule has 4 heteroatoms. The average Bonchev–Trinajstić information content (AvgIpc) is 2.30. The van der Waals surface area contributed by atoms with E-state index >= 15 is 0 Å². The second-order valence-electron chi connectivity index (χ2n) is 3.19. The van der Waals surface area contributed by atoms with Crippen LogP contribution in [-0.4, -0.2) is 15.1 Å². The molecule has 0 aliphatic heterocycles. The minimum Gasteiger partial charge on any atom is -0.398 e. The molecule has 4 nitrogen and oxygen atoms in total. The van der Waals surface area contributed by atoms with Crippen LogP contribution in [0.5, 0.6) is 0 Å². The van der Waals surface area contributed by atoms with Gasteiger partial charge in [-0.25, -0.2) is 0 Å². The Bertz CT molecular complexity index is 445. The molecule has 1 atom stereocenters. The van der Waals surface area contributed by atoms with Gasteiger partial charge in [0.1, 0.15) is 6.10 Å². The van der Waals surface area contributed by atoms with E-state index in [2.05, 4.69) is 9.97 Å². The molecule has 1 unspecified atom stereocenters. The molecular weight excluding hydrogens is 190 g/mol. The number of anilines is 1. The second-order valence-corrected chi connectivity index (χ2v) is 3.19. The molecule has 2 rings (SSSR count). The Morgan fingerprint density at radius 3 is 2.40 bits per heavy atom. The zero-order chi connectivity index (χ0) is 10.7. The molecule has 15 heavy (non-hydrogen) atoms. The summed E-state index contributed by atoms with van der Waals surface area (Å²) in [6.45, 7) is 0. The van der Waals surface area contributed by atoms with Crippen molar-refractivity contribution in [1.29, 1.82) is 0 Å². The normalized spacial score (nSPS) is 12.3. The fourth-order valence-corrected chi connectivity index (χ4v) is 1.37. The van der Waals surface area contributed by atoms with Crippen LogP contribution in [0, 0.1) is 0 Å². The maximum Gasteiger partial charge on any atom is 0.108 e. The molecule has 0 fully saturated rings. The Balaban J connectivity index is 2.37. The highest BCUT2D eigenvalue weighted by Crippen LogP contribution is 2.24. The zero-order valence-corrected chi connectivity index (χ0v) is 8.04. The first kappa shape index (κ1) is 9.61. The number of nitrogens with zero attached hydrogens (tertiary/aromatic N) is 2. The number of aromatic nitrogens is 2. The van der Waals surface area contributed by atoms with E-state index in [0.717, 1.165) is 5.56 Å². The summed E-state index contributed by atoms with van der Waals surface area (Å²) in [6.07, 6.45) is 5.68. The summed E-state index contributed by atoms with van der Waals surface area (Å²) in [4.78, 5) is 7.82. The summed E-state index contributed by atoms with van der Waals surface area (Å²) in [5.74, 6) is 0. The van der Waals surface area contributed by atoms with Gasteiger partial charge in [0, 0.05) is 36.0 Å². The van der Waals surface area contributed by atoms with Gasteiger partial charge in [0.25, 0.3) is 0 Å². The smallest absolute Gasteiger partial charge is 0.108 e. The zero-order valence-electron chi connectivity index (χ0n) is 8.04. The van der Waals surface area contributed by atoms with Gasteiger partial charge in [-0.3, -0.25) is 9.97 Å². The molecule has 2 aromatic rings. The van der Waals surface area contributed by atoms with Gasteiger partial charge in [-0.15, -0.1) is 0 Å². The van der Waals surface area contributed by atoms with Gasteiger partial charge < -0.3 is 10.8 Å². The van der Waals surface area contributed by atoms with Gasteiger partial charge in [0.05, 0.1) is 0 Å². The van der Waals surface area contributed by atoms with Crippen molar-refractivity contribution < 1.29 is 5.11 Å². The quantitative estimate of drug-likeness (QED) is 0.764. The third kappa shape index (κ3) is 1.94. The number of nitrogen functional groups attached to an aromatic ring is 1. The van der Waals surface area contributed by atoms with Crippen LogP contribution in [0.25, 0.3) is 0 Å². The van der Waals surface area contributed by atoms with E-state index in [1.54, 1.807) is 43.0 Å². The van der Waals surface area contributed by atoms with Crippen molar-refractivity contribution in [2.75, 3.05) is 5.73 Å². The summed E-state index contributed by atoms with van der Waals surface area (Å²) in [7, 11) is 0. The average molecular weight is 201 g/mol. The highest BCUT2D eigenvalue weighted by atomic mass is 16.3. The van der Waals surface area contributed by atoms with Crippen LogP contribution in [0.4, 0.5) is 5.69 Å². The van der Waals surface area contributed by atoms with Crippen molar-refractivity contribution in [3.8, 4) is 0 Å². The van der Waals surface area contributed by atoms with Gasteiger partial charge in [-0.05, 0) is 23.8 Å². The lowest BCUT2D eigenvalue weighted by molar-refractivity contribution is 0.220. The molecule has 3 N–H and O–H groups in total. The summed E-state index contributed by atoms with van der Waals surface area (Å²) in [5, 5.41) is 10.0. The number of hydrogen-bond acceptors (Lipinski definition) is 4. The predicted molar refractivity (Wildman–Crippen MR) is 56.9 cm³/mol. The first-order chi connectivity index (χ1) is 7.29. The van der Waals surface area contributed by atoms with Crippen LogP contribution in [0.3, 0.4) is 0 Å².